The first-order chi connectivity index (χ1) is 10.2. The molecule has 1 heterocycles. The number of aromatic nitrogens is 4. The van der Waals surface area contributed by atoms with Gasteiger partial charge in [-0.1, -0.05) is 29.5 Å². The van der Waals surface area contributed by atoms with Crippen molar-refractivity contribution in [3.05, 3.63) is 34.9 Å². The number of hydrogen-bond donors (Lipinski definition) is 0. The molecule has 0 saturated carbocycles. The van der Waals surface area contributed by atoms with E-state index in [1.807, 2.05) is 59.7 Å². The molecule has 0 fully saturated rings. The smallest absolute Gasteiger partial charge is 0.210 e. The molecule has 0 aliphatic carbocycles. The van der Waals surface area contributed by atoms with Crippen LogP contribution in [0.25, 0.3) is 0 Å². The first-order valence-corrected chi connectivity index (χ1v) is 8.15. The quantitative estimate of drug-likeness (QED) is 0.638. The zero-order chi connectivity index (χ0) is 16.5. The van der Waals surface area contributed by atoms with Gasteiger partial charge < -0.3 is 0 Å². The second kappa shape index (κ2) is 6.20. The van der Waals surface area contributed by atoms with Crippen molar-refractivity contribution in [3.8, 4) is 0 Å². The molecule has 0 saturated heterocycles. The lowest BCUT2D eigenvalue weighted by Gasteiger charge is -2.20. The fraction of sp³-hybridized carbons (Fsp3) is 0.500. The van der Waals surface area contributed by atoms with Crippen LogP contribution in [0.5, 0.6) is 0 Å². The molecule has 0 unspecified atom stereocenters. The molecule has 22 heavy (non-hydrogen) atoms. The highest BCUT2D eigenvalue weighted by molar-refractivity contribution is 8.00. The molecule has 2 aromatic rings. The van der Waals surface area contributed by atoms with E-state index in [0.29, 0.717) is 5.16 Å². The zero-order valence-electron chi connectivity index (χ0n) is 13.9. The van der Waals surface area contributed by atoms with E-state index in [4.69, 9.17) is 0 Å². The third kappa shape index (κ3) is 3.55. The van der Waals surface area contributed by atoms with Gasteiger partial charge in [0.05, 0.1) is 10.8 Å². The molecule has 1 aromatic heterocycles. The van der Waals surface area contributed by atoms with E-state index in [-0.39, 0.29) is 16.6 Å². The van der Waals surface area contributed by atoms with Gasteiger partial charge in [0, 0.05) is 5.56 Å². The second-order valence-electron chi connectivity index (χ2n) is 6.49. The SMILES string of the molecule is Cc1ccc(C)c(C(=O)[C@H](C)Sc2nnnn2C(C)(C)C)c1. The number of carbonyl (C=O) groups excluding carboxylic acids is 1. The lowest BCUT2D eigenvalue weighted by molar-refractivity contribution is 0.0993. The number of benzene rings is 1. The maximum atomic E-state index is 12.7. The maximum absolute atomic E-state index is 12.7. The molecular weight excluding hydrogens is 296 g/mol. The highest BCUT2D eigenvalue weighted by Crippen LogP contribution is 2.27. The molecule has 0 radical (unpaired) electrons. The number of tetrazole rings is 1. The lowest BCUT2D eigenvalue weighted by atomic mass is 10.0. The summed E-state index contributed by atoms with van der Waals surface area (Å²) in [5, 5.41) is 12.2. The van der Waals surface area contributed by atoms with Crippen molar-refractivity contribution in [2.45, 2.75) is 57.5 Å². The van der Waals surface area contributed by atoms with Gasteiger partial charge in [-0.25, -0.2) is 4.68 Å². The normalized spacial score (nSPS) is 13.2. The average Bonchev–Trinajstić information content (AvgIpc) is 2.88. The van der Waals surface area contributed by atoms with Gasteiger partial charge in [0.2, 0.25) is 5.16 Å². The van der Waals surface area contributed by atoms with Gasteiger partial charge in [0.1, 0.15) is 0 Å². The van der Waals surface area contributed by atoms with Gasteiger partial charge in [0.25, 0.3) is 0 Å². The molecule has 0 N–H and O–H groups in total. The number of aryl methyl sites for hydroxylation is 2. The summed E-state index contributed by atoms with van der Waals surface area (Å²) >= 11 is 1.40. The van der Waals surface area contributed by atoms with E-state index >= 15 is 0 Å². The summed E-state index contributed by atoms with van der Waals surface area (Å²) in [6.45, 7) is 12.0. The number of rotatable bonds is 4. The number of nitrogens with zero attached hydrogens (tertiary/aromatic N) is 4. The van der Waals surface area contributed by atoms with Crippen molar-refractivity contribution in [3.63, 3.8) is 0 Å². The third-order valence-electron chi connectivity index (χ3n) is 3.39. The van der Waals surface area contributed by atoms with Gasteiger partial charge in [-0.2, -0.15) is 0 Å². The van der Waals surface area contributed by atoms with Crippen LogP contribution >= 0.6 is 11.8 Å². The van der Waals surface area contributed by atoms with Crippen molar-refractivity contribution >= 4 is 17.5 Å². The van der Waals surface area contributed by atoms with E-state index < -0.39 is 0 Å². The van der Waals surface area contributed by atoms with Crippen molar-refractivity contribution in [2.75, 3.05) is 0 Å². The molecule has 5 nitrogen and oxygen atoms in total. The van der Waals surface area contributed by atoms with Crippen LogP contribution in [0.4, 0.5) is 0 Å². The highest BCUT2D eigenvalue weighted by Gasteiger charge is 2.25. The Labute approximate surface area is 135 Å². The Kier molecular flexibility index (Phi) is 4.70. The van der Waals surface area contributed by atoms with E-state index in [2.05, 4.69) is 15.5 Å². The molecule has 0 bridgehead atoms. The molecule has 0 spiro atoms. The Morgan fingerprint density at radius 2 is 1.95 bits per heavy atom. The molecule has 6 heteroatoms. The van der Waals surface area contributed by atoms with Crippen LogP contribution in [0.3, 0.4) is 0 Å². The summed E-state index contributed by atoms with van der Waals surface area (Å²) in [6.07, 6.45) is 0. The predicted molar refractivity (Wildman–Crippen MR) is 88.4 cm³/mol. The minimum absolute atomic E-state index is 0.106. The molecule has 1 aromatic carbocycles. The van der Waals surface area contributed by atoms with E-state index in [9.17, 15) is 4.79 Å². The number of carbonyl (C=O) groups is 1. The molecule has 1 atom stereocenters. The van der Waals surface area contributed by atoms with E-state index in [1.54, 1.807) is 4.68 Å². The topological polar surface area (TPSA) is 60.7 Å². The number of ketones is 1. The van der Waals surface area contributed by atoms with Crippen LogP contribution in [-0.4, -0.2) is 31.2 Å². The van der Waals surface area contributed by atoms with Gasteiger partial charge in [0.15, 0.2) is 5.78 Å². The summed E-state index contributed by atoms with van der Waals surface area (Å²) in [7, 11) is 0. The van der Waals surface area contributed by atoms with Crippen LogP contribution < -0.4 is 0 Å². The Morgan fingerprint density at radius 3 is 2.59 bits per heavy atom. The number of thioether (sulfide) groups is 1. The molecule has 2 rings (SSSR count). The summed E-state index contributed by atoms with van der Waals surface area (Å²) in [6, 6.07) is 5.95. The van der Waals surface area contributed by atoms with Gasteiger partial charge in [-0.05, 0) is 63.6 Å². The largest absolute Gasteiger partial charge is 0.293 e. The third-order valence-corrected chi connectivity index (χ3v) is 4.42. The summed E-state index contributed by atoms with van der Waals surface area (Å²) in [4.78, 5) is 12.7. The molecule has 0 aliphatic heterocycles. The summed E-state index contributed by atoms with van der Waals surface area (Å²) in [5.74, 6) is 0.106. The molecular formula is C16H22N4OS. The monoisotopic (exact) mass is 318 g/mol. The van der Waals surface area contributed by atoms with Crippen molar-refractivity contribution < 1.29 is 4.79 Å². The Bertz CT molecular complexity index is 688. The van der Waals surface area contributed by atoms with E-state index in [0.717, 1.165) is 16.7 Å². The minimum Gasteiger partial charge on any atom is -0.293 e. The fourth-order valence-electron chi connectivity index (χ4n) is 2.11. The molecule has 0 aliphatic rings. The van der Waals surface area contributed by atoms with Crippen LogP contribution in [0.15, 0.2) is 23.4 Å². The Balaban J connectivity index is 2.23. The van der Waals surface area contributed by atoms with Gasteiger partial charge in [-0.15, -0.1) is 5.10 Å². The van der Waals surface area contributed by atoms with Gasteiger partial charge >= 0.3 is 0 Å². The van der Waals surface area contributed by atoms with Crippen LogP contribution in [0.1, 0.15) is 49.2 Å². The highest BCUT2D eigenvalue weighted by atomic mass is 32.2. The predicted octanol–water partition coefficient (Wildman–Crippen LogP) is 3.41. The second-order valence-corrected chi connectivity index (χ2v) is 7.79. The zero-order valence-corrected chi connectivity index (χ0v) is 14.7. The number of Topliss-reactive ketones (excluding diaryl/α,β-unsaturated/α-hetero) is 1. The van der Waals surface area contributed by atoms with E-state index in [1.165, 1.54) is 11.8 Å². The minimum atomic E-state index is -0.243. The first kappa shape index (κ1) is 16.7. The van der Waals surface area contributed by atoms with Crippen LogP contribution in [-0.2, 0) is 5.54 Å². The number of hydrogen-bond acceptors (Lipinski definition) is 5. The standard InChI is InChI=1S/C16H22N4OS/c1-10-7-8-11(2)13(9-10)14(21)12(3)22-15-17-18-19-20(15)16(4,5)6/h7-9,12H,1-6H3/t12-/m0/s1. The van der Waals surface area contributed by atoms with Gasteiger partial charge in [-0.3, -0.25) is 4.79 Å². The summed E-state index contributed by atoms with van der Waals surface area (Å²) < 4.78 is 1.75. The molecule has 118 valence electrons. The van der Waals surface area contributed by atoms with Crippen molar-refractivity contribution in [1.82, 2.24) is 20.2 Å². The molecule has 0 amide bonds. The average molecular weight is 318 g/mol. The summed E-state index contributed by atoms with van der Waals surface area (Å²) in [5.41, 5.74) is 2.65. The Hall–Kier alpha value is -1.69. The Morgan fingerprint density at radius 1 is 1.27 bits per heavy atom. The fourth-order valence-corrected chi connectivity index (χ4v) is 3.15. The van der Waals surface area contributed by atoms with Crippen LogP contribution in [0.2, 0.25) is 0 Å². The maximum Gasteiger partial charge on any atom is 0.210 e. The first-order valence-electron chi connectivity index (χ1n) is 7.27. The van der Waals surface area contributed by atoms with Crippen molar-refractivity contribution in [2.24, 2.45) is 0 Å². The lowest BCUT2D eigenvalue weighted by Crippen LogP contribution is -2.25. The van der Waals surface area contributed by atoms with Crippen molar-refractivity contribution in [1.29, 1.82) is 0 Å². The van der Waals surface area contributed by atoms with Crippen LogP contribution in [0, 0.1) is 13.8 Å².